The number of hydrogen-bond acceptors (Lipinski definition) is 6. The van der Waals surface area contributed by atoms with Gasteiger partial charge in [0.25, 0.3) is 0 Å². The van der Waals surface area contributed by atoms with Gasteiger partial charge in [-0.1, -0.05) is 0 Å². The van der Waals surface area contributed by atoms with Crippen LogP contribution in [0.3, 0.4) is 0 Å². The molecule has 1 aliphatic heterocycles. The summed E-state index contributed by atoms with van der Waals surface area (Å²) in [6, 6.07) is 5.69. The molecule has 26 heavy (non-hydrogen) atoms. The quantitative estimate of drug-likeness (QED) is 0.805. The van der Waals surface area contributed by atoms with E-state index < -0.39 is 0 Å². The van der Waals surface area contributed by atoms with Gasteiger partial charge in [-0.25, -0.2) is 0 Å². The standard InChI is InChI=1S/C19H26N4O3/c1-14-3-4-20-19-16(14)11-15(26-2)12-17(19)21-18(25)13-23-7-5-22(6-8-23)9-10-24/h3-4,11-12,24H,5-10,13H2,1-2H3,(H,21,25). The number of aryl methyl sites for hydroxylation is 1. The number of rotatable bonds is 6. The second kappa shape index (κ2) is 8.44. The first-order chi connectivity index (χ1) is 12.6. The molecule has 0 aliphatic carbocycles. The van der Waals surface area contributed by atoms with E-state index in [1.165, 1.54) is 0 Å². The number of fused-ring (bicyclic) bond motifs is 1. The number of anilines is 1. The first-order valence-electron chi connectivity index (χ1n) is 8.89. The van der Waals surface area contributed by atoms with E-state index in [4.69, 9.17) is 9.84 Å². The number of benzene rings is 1. The highest BCUT2D eigenvalue weighted by molar-refractivity contribution is 6.02. The Hall–Kier alpha value is -2.22. The van der Waals surface area contributed by atoms with Crippen molar-refractivity contribution < 1.29 is 14.6 Å². The van der Waals surface area contributed by atoms with Crippen molar-refractivity contribution in [2.75, 3.05) is 58.3 Å². The van der Waals surface area contributed by atoms with Gasteiger partial charge in [0.05, 0.1) is 31.5 Å². The summed E-state index contributed by atoms with van der Waals surface area (Å²) in [5, 5.41) is 13.0. The van der Waals surface area contributed by atoms with Crippen LogP contribution in [0, 0.1) is 6.92 Å². The van der Waals surface area contributed by atoms with E-state index in [0.717, 1.165) is 42.6 Å². The molecule has 0 saturated carbocycles. The van der Waals surface area contributed by atoms with E-state index in [2.05, 4.69) is 20.1 Å². The molecule has 2 N–H and O–H groups in total. The minimum Gasteiger partial charge on any atom is -0.497 e. The van der Waals surface area contributed by atoms with Crippen molar-refractivity contribution in [2.45, 2.75) is 6.92 Å². The molecule has 1 amide bonds. The van der Waals surface area contributed by atoms with Gasteiger partial charge in [0.1, 0.15) is 5.75 Å². The zero-order valence-corrected chi connectivity index (χ0v) is 15.4. The van der Waals surface area contributed by atoms with Gasteiger partial charge in [0.15, 0.2) is 0 Å². The van der Waals surface area contributed by atoms with Crippen LogP contribution in [0.15, 0.2) is 24.4 Å². The summed E-state index contributed by atoms with van der Waals surface area (Å²) in [5.41, 5.74) is 2.53. The number of pyridine rings is 1. The lowest BCUT2D eigenvalue weighted by atomic mass is 10.1. The SMILES string of the molecule is COc1cc(NC(=O)CN2CCN(CCO)CC2)c2nccc(C)c2c1. The Kier molecular flexibility index (Phi) is 6.03. The van der Waals surface area contributed by atoms with E-state index in [1.807, 2.05) is 25.1 Å². The van der Waals surface area contributed by atoms with Crippen LogP contribution in [-0.2, 0) is 4.79 Å². The van der Waals surface area contributed by atoms with Crippen LogP contribution in [0.1, 0.15) is 5.56 Å². The number of ether oxygens (including phenoxy) is 1. The molecular weight excluding hydrogens is 332 g/mol. The highest BCUT2D eigenvalue weighted by atomic mass is 16.5. The lowest BCUT2D eigenvalue weighted by Gasteiger charge is -2.33. The molecule has 2 heterocycles. The zero-order chi connectivity index (χ0) is 18.5. The molecule has 0 radical (unpaired) electrons. The summed E-state index contributed by atoms with van der Waals surface area (Å²) in [4.78, 5) is 21.3. The van der Waals surface area contributed by atoms with E-state index in [0.29, 0.717) is 24.5 Å². The van der Waals surface area contributed by atoms with Crippen LogP contribution in [0.25, 0.3) is 10.9 Å². The molecular formula is C19H26N4O3. The minimum atomic E-state index is -0.0570. The number of nitrogens with zero attached hydrogens (tertiary/aromatic N) is 3. The number of amides is 1. The second-order valence-electron chi connectivity index (χ2n) is 6.59. The predicted octanol–water partition coefficient (Wildman–Crippen LogP) is 1.10. The van der Waals surface area contributed by atoms with Crippen molar-refractivity contribution in [1.82, 2.24) is 14.8 Å². The highest BCUT2D eigenvalue weighted by Gasteiger charge is 2.19. The number of β-amino-alcohol motifs (C(OH)–C–C–N with tert-alkyl or cyclic N) is 1. The molecule has 0 bridgehead atoms. The van der Waals surface area contributed by atoms with Crippen LogP contribution in [-0.4, -0.2) is 78.8 Å². The van der Waals surface area contributed by atoms with Gasteiger partial charge in [-0.2, -0.15) is 0 Å². The van der Waals surface area contributed by atoms with Crippen LogP contribution in [0.2, 0.25) is 0 Å². The zero-order valence-electron chi connectivity index (χ0n) is 15.4. The van der Waals surface area contributed by atoms with Crippen molar-refractivity contribution in [1.29, 1.82) is 0 Å². The Morgan fingerprint density at radius 2 is 2.00 bits per heavy atom. The van der Waals surface area contributed by atoms with E-state index >= 15 is 0 Å². The summed E-state index contributed by atoms with van der Waals surface area (Å²) >= 11 is 0. The van der Waals surface area contributed by atoms with E-state index in [1.54, 1.807) is 13.3 Å². The van der Waals surface area contributed by atoms with Crippen molar-refractivity contribution in [3.8, 4) is 5.75 Å². The third kappa shape index (κ3) is 4.30. The second-order valence-corrected chi connectivity index (χ2v) is 6.59. The fourth-order valence-electron chi connectivity index (χ4n) is 3.28. The number of aromatic nitrogens is 1. The smallest absolute Gasteiger partial charge is 0.238 e. The lowest BCUT2D eigenvalue weighted by Crippen LogP contribution is -2.49. The molecule has 2 aromatic rings. The number of piperazine rings is 1. The predicted molar refractivity (Wildman–Crippen MR) is 102 cm³/mol. The highest BCUT2D eigenvalue weighted by Crippen LogP contribution is 2.29. The Morgan fingerprint density at radius 1 is 1.27 bits per heavy atom. The number of carbonyl (C=O) groups is 1. The fourth-order valence-corrected chi connectivity index (χ4v) is 3.28. The summed E-state index contributed by atoms with van der Waals surface area (Å²) < 4.78 is 5.37. The summed E-state index contributed by atoms with van der Waals surface area (Å²) in [6.45, 7) is 6.62. The molecule has 140 valence electrons. The summed E-state index contributed by atoms with van der Waals surface area (Å²) in [6.07, 6.45) is 1.75. The van der Waals surface area contributed by atoms with Crippen molar-refractivity contribution in [3.63, 3.8) is 0 Å². The van der Waals surface area contributed by atoms with Crippen molar-refractivity contribution in [2.24, 2.45) is 0 Å². The van der Waals surface area contributed by atoms with Gasteiger partial charge in [-0.15, -0.1) is 0 Å². The molecule has 0 unspecified atom stereocenters. The Labute approximate surface area is 153 Å². The molecule has 1 aliphatic rings. The number of aliphatic hydroxyl groups is 1. The number of carbonyl (C=O) groups excluding carboxylic acids is 1. The Balaban J connectivity index is 1.69. The lowest BCUT2D eigenvalue weighted by molar-refractivity contribution is -0.117. The molecule has 1 saturated heterocycles. The van der Waals surface area contributed by atoms with Gasteiger partial charge >= 0.3 is 0 Å². The number of nitrogens with one attached hydrogen (secondary N) is 1. The van der Waals surface area contributed by atoms with Gasteiger partial charge in [0, 0.05) is 50.4 Å². The van der Waals surface area contributed by atoms with Crippen LogP contribution >= 0.6 is 0 Å². The fraction of sp³-hybridized carbons (Fsp3) is 0.474. The average Bonchev–Trinajstić information content (AvgIpc) is 2.64. The van der Waals surface area contributed by atoms with Crippen LogP contribution in [0.4, 0.5) is 5.69 Å². The third-order valence-corrected chi connectivity index (χ3v) is 4.79. The molecule has 1 aromatic heterocycles. The van der Waals surface area contributed by atoms with Gasteiger partial charge in [-0.05, 0) is 24.6 Å². The maximum atomic E-state index is 12.5. The number of hydrogen-bond donors (Lipinski definition) is 2. The first-order valence-corrected chi connectivity index (χ1v) is 8.89. The number of methoxy groups -OCH3 is 1. The van der Waals surface area contributed by atoms with E-state index in [9.17, 15) is 4.79 Å². The van der Waals surface area contributed by atoms with Crippen LogP contribution < -0.4 is 10.1 Å². The summed E-state index contributed by atoms with van der Waals surface area (Å²) in [5.74, 6) is 0.639. The molecule has 0 atom stereocenters. The maximum Gasteiger partial charge on any atom is 0.238 e. The van der Waals surface area contributed by atoms with Gasteiger partial charge < -0.3 is 15.2 Å². The molecule has 7 nitrogen and oxygen atoms in total. The monoisotopic (exact) mass is 358 g/mol. The maximum absolute atomic E-state index is 12.5. The Bertz CT molecular complexity index is 773. The van der Waals surface area contributed by atoms with E-state index in [-0.39, 0.29) is 12.5 Å². The first kappa shape index (κ1) is 18.6. The summed E-state index contributed by atoms with van der Waals surface area (Å²) in [7, 11) is 1.62. The molecule has 7 heteroatoms. The van der Waals surface area contributed by atoms with Gasteiger partial charge in [-0.3, -0.25) is 19.6 Å². The van der Waals surface area contributed by atoms with Crippen molar-refractivity contribution in [3.05, 3.63) is 30.0 Å². The molecule has 3 rings (SSSR count). The Morgan fingerprint density at radius 3 is 2.69 bits per heavy atom. The average molecular weight is 358 g/mol. The molecule has 0 spiro atoms. The minimum absolute atomic E-state index is 0.0570. The largest absolute Gasteiger partial charge is 0.497 e. The van der Waals surface area contributed by atoms with Gasteiger partial charge in [0.2, 0.25) is 5.91 Å². The number of aliphatic hydroxyl groups excluding tert-OH is 1. The molecule has 1 aromatic carbocycles. The van der Waals surface area contributed by atoms with Crippen molar-refractivity contribution >= 4 is 22.5 Å². The topological polar surface area (TPSA) is 77.9 Å². The molecule has 1 fully saturated rings. The van der Waals surface area contributed by atoms with Crippen LogP contribution in [0.5, 0.6) is 5.75 Å². The normalized spacial score (nSPS) is 16.0. The third-order valence-electron chi connectivity index (χ3n) is 4.79.